The minimum Gasteiger partial charge on any atom is -0.494 e. The number of piperazine rings is 1. The number of aromatic nitrogens is 4. The van der Waals surface area contributed by atoms with Crippen molar-refractivity contribution >= 4 is 39.7 Å². The molecule has 194 valence electrons. The van der Waals surface area contributed by atoms with Crippen molar-refractivity contribution in [3.05, 3.63) is 61.6 Å². The number of ether oxygens (including phenoxy) is 1. The van der Waals surface area contributed by atoms with Crippen molar-refractivity contribution in [3.63, 3.8) is 0 Å². The van der Waals surface area contributed by atoms with Gasteiger partial charge in [0.15, 0.2) is 0 Å². The largest absolute Gasteiger partial charge is 0.494 e. The number of rotatable bonds is 7. The van der Waals surface area contributed by atoms with Gasteiger partial charge in [-0.05, 0) is 37.7 Å². The van der Waals surface area contributed by atoms with Crippen molar-refractivity contribution < 1.29 is 9.53 Å². The maximum Gasteiger partial charge on any atom is 0.247 e. The van der Waals surface area contributed by atoms with Crippen LogP contribution in [0, 0.1) is 0 Å². The number of aryl methyl sites for hydroxylation is 1. The molecule has 0 aliphatic carbocycles. The highest BCUT2D eigenvalue weighted by molar-refractivity contribution is 6.02. The second kappa shape index (κ2) is 9.46. The van der Waals surface area contributed by atoms with Gasteiger partial charge in [0.05, 0.1) is 41.6 Å². The number of methoxy groups -OCH3 is 1. The number of hydrogen-bond donors (Lipinski definition) is 2. The lowest BCUT2D eigenvalue weighted by molar-refractivity contribution is -0.111. The number of nitrogens with zero attached hydrogens (tertiary/aromatic N) is 6. The van der Waals surface area contributed by atoms with Crippen LogP contribution in [0.15, 0.2) is 61.6 Å². The molecule has 0 spiro atoms. The molecule has 10 heteroatoms. The first-order chi connectivity index (χ1) is 18.4. The zero-order valence-electron chi connectivity index (χ0n) is 21.7. The summed E-state index contributed by atoms with van der Waals surface area (Å²) in [6, 6.07) is 12.8. The van der Waals surface area contributed by atoms with E-state index in [1.54, 1.807) is 7.11 Å². The second-order valence-electron chi connectivity index (χ2n) is 9.85. The van der Waals surface area contributed by atoms with E-state index < -0.39 is 0 Å². The predicted molar refractivity (Wildman–Crippen MR) is 149 cm³/mol. The second-order valence-corrected chi connectivity index (χ2v) is 9.85. The van der Waals surface area contributed by atoms with Crippen LogP contribution in [0.4, 0.5) is 22.9 Å². The zero-order valence-corrected chi connectivity index (χ0v) is 21.7. The van der Waals surface area contributed by atoms with Crippen molar-refractivity contribution in [1.29, 1.82) is 0 Å². The molecule has 4 aromatic rings. The molecular formula is C28H30N8O2. The van der Waals surface area contributed by atoms with Gasteiger partial charge in [-0.2, -0.15) is 5.10 Å². The number of carbonyl (C=O) groups is 1. The SMILES string of the molecule is C=CC(=O)Nc1cc(Nc2cc(-c3ccc4c(cnn4C)c3)ncn2)c(OC)cc1N1C[C@@H]2C[C@H]1CN2C. The van der Waals surface area contributed by atoms with Gasteiger partial charge < -0.3 is 20.3 Å². The molecule has 1 amide bonds. The van der Waals surface area contributed by atoms with E-state index in [0.29, 0.717) is 35.0 Å². The third-order valence-corrected chi connectivity index (χ3v) is 7.56. The number of likely N-dealkylation sites (N-methyl/N-ethyl adjacent to an activating group) is 1. The average molecular weight is 511 g/mol. The van der Waals surface area contributed by atoms with Gasteiger partial charge in [0.1, 0.15) is 17.9 Å². The van der Waals surface area contributed by atoms with Crippen LogP contribution in [0.1, 0.15) is 6.42 Å². The quantitative estimate of drug-likeness (QED) is 0.362. The van der Waals surface area contributed by atoms with Crippen LogP contribution < -0.4 is 20.3 Å². The lowest BCUT2D eigenvalue weighted by Gasteiger charge is -2.35. The number of likely N-dealkylation sites (tertiary alicyclic amines) is 1. The molecule has 0 saturated carbocycles. The normalized spacial score (nSPS) is 18.7. The van der Waals surface area contributed by atoms with Crippen molar-refractivity contribution in [2.45, 2.75) is 18.5 Å². The maximum absolute atomic E-state index is 12.3. The highest BCUT2D eigenvalue weighted by atomic mass is 16.5. The van der Waals surface area contributed by atoms with Crippen LogP contribution in [0.25, 0.3) is 22.2 Å². The van der Waals surface area contributed by atoms with Crippen LogP contribution in [0.5, 0.6) is 5.75 Å². The van der Waals surface area contributed by atoms with Crippen molar-refractivity contribution in [2.75, 3.05) is 42.8 Å². The minimum atomic E-state index is -0.265. The van der Waals surface area contributed by atoms with Gasteiger partial charge in [0.2, 0.25) is 5.91 Å². The fraction of sp³-hybridized carbons (Fsp3) is 0.286. The molecule has 2 bridgehead atoms. The average Bonchev–Trinajstić information content (AvgIpc) is 3.62. The summed E-state index contributed by atoms with van der Waals surface area (Å²) in [6.45, 7) is 5.52. The fourth-order valence-corrected chi connectivity index (χ4v) is 5.56. The Kier molecular flexibility index (Phi) is 5.96. The Balaban J connectivity index is 1.34. The number of benzene rings is 2. The van der Waals surface area contributed by atoms with E-state index in [2.05, 4.69) is 55.2 Å². The number of fused-ring (bicyclic) bond motifs is 3. The Morgan fingerprint density at radius 2 is 1.97 bits per heavy atom. The van der Waals surface area contributed by atoms with Gasteiger partial charge >= 0.3 is 0 Å². The lowest BCUT2D eigenvalue weighted by Crippen LogP contribution is -2.44. The summed E-state index contributed by atoms with van der Waals surface area (Å²) in [5, 5.41) is 11.7. The van der Waals surface area contributed by atoms with Crippen molar-refractivity contribution in [3.8, 4) is 17.0 Å². The van der Waals surface area contributed by atoms with E-state index in [9.17, 15) is 4.79 Å². The molecule has 4 heterocycles. The molecule has 2 saturated heterocycles. The summed E-state index contributed by atoms with van der Waals surface area (Å²) >= 11 is 0. The molecule has 2 aliphatic heterocycles. The van der Waals surface area contributed by atoms with E-state index in [4.69, 9.17) is 4.74 Å². The first-order valence-electron chi connectivity index (χ1n) is 12.6. The van der Waals surface area contributed by atoms with E-state index in [1.807, 2.05) is 48.3 Å². The smallest absolute Gasteiger partial charge is 0.247 e. The highest BCUT2D eigenvalue weighted by Crippen LogP contribution is 2.43. The topological polar surface area (TPSA) is 100 Å². The third-order valence-electron chi connectivity index (χ3n) is 7.56. The molecule has 0 radical (unpaired) electrons. The number of hydrogen-bond acceptors (Lipinski definition) is 8. The third kappa shape index (κ3) is 4.22. The summed E-state index contributed by atoms with van der Waals surface area (Å²) in [5.74, 6) is 0.999. The summed E-state index contributed by atoms with van der Waals surface area (Å²) < 4.78 is 7.63. The maximum atomic E-state index is 12.3. The van der Waals surface area contributed by atoms with Crippen LogP contribution in [0.3, 0.4) is 0 Å². The van der Waals surface area contributed by atoms with Crippen LogP contribution in [-0.4, -0.2) is 69.9 Å². The molecule has 6 rings (SSSR count). The summed E-state index contributed by atoms with van der Waals surface area (Å²) in [7, 11) is 5.73. The Morgan fingerprint density at radius 1 is 1.11 bits per heavy atom. The van der Waals surface area contributed by atoms with Gasteiger partial charge in [-0.3, -0.25) is 14.4 Å². The molecule has 2 aromatic carbocycles. The Morgan fingerprint density at radius 3 is 2.71 bits per heavy atom. The molecule has 2 atom stereocenters. The summed E-state index contributed by atoms with van der Waals surface area (Å²) in [6.07, 6.45) is 5.77. The van der Waals surface area contributed by atoms with Crippen LogP contribution in [-0.2, 0) is 11.8 Å². The Labute approximate surface area is 220 Å². The first kappa shape index (κ1) is 23.9. The molecule has 2 N–H and O–H groups in total. The predicted octanol–water partition coefficient (Wildman–Crippen LogP) is 3.80. The van der Waals surface area contributed by atoms with E-state index in [1.165, 1.54) is 12.4 Å². The standard InChI is InChI=1S/C28H30N8O2/c1-5-28(37)33-22-10-23(26(38-4)12-25(22)36-15-19-9-20(36)14-34(19)2)32-27-11-21(29-16-30-27)17-6-7-24-18(8-17)13-31-35(24)3/h5-8,10-13,16,19-20H,1,9,14-15H2,2-4H3,(H,33,37)(H,29,30,32)/t19-,20-/m0/s1. The molecule has 38 heavy (non-hydrogen) atoms. The monoisotopic (exact) mass is 510 g/mol. The van der Waals surface area contributed by atoms with Crippen molar-refractivity contribution in [1.82, 2.24) is 24.6 Å². The van der Waals surface area contributed by atoms with Gasteiger partial charge in [0.25, 0.3) is 0 Å². The summed E-state index contributed by atoms with van der Waals surface area (Å²) in [4.78, 5) is 26.0. The van der Waals surface area contributed by atoms with Crippen LogP contribution in [0.2, 0.25) is 0 Å². The fourth-order valence-electron chi connectivity index (χ4n) is 5.56. The van der Waals surface area contributed by atoms with Gasteiger partial charge in [-0.15, -0.1) is 0 Å². The number of carbonyl (C=O) groups excluding carboxylic acids is 1. The van der Waals surface area contributed by atoms with Gasteiger partial charge in [0, 0.05) is 55.3 Å². The first-order valence-corrected chi connectivity index (χ1v) is 12.6. The van der Waals surface area contributed by atoms with E-state index in [-0.39, 0.29) is 5.91 Å². The molecule has 10 nitrogen and oxygen atoms in total. The molecular weight excluding hydrogens is 480 g/mol. The van der Waals surface area contributed by atoms with Crippen molar-refractivity contribution in [2.24, 2.45) is 7.05 Å². The number of anilines is 4. The zero-order chi connectivity index (χ0) is 26.4. The van der Waals surface area contributed by atoms with E-state index >= 15 is 0 Å². The molecule has 0 unspecified atom stereocenters. The minimum absolute atomic E-state index is 0.265. The summed E-state index contributed by atoms with van der Waals surface area (Å²) in [5.41, 5.74) is 5.12. The van der Waals surface area contributed by atoms with E-state index in [0.717, 1.165) is 47.4 Å². The number of amides is 1. The molecule has 2 aliphatic rings. The number of nitrogens with one attached hydrogen (secondary N) is 2. The Hall–Kier alpha value is -4.44. The lowest BCUT2D eigenvalue weighted by atomic mass is 10.1. The van der Waals surface area contributed by atoms with Gasteiger partial charge in [-0.25, -0.2) is 9.97 Å². The van der Waals surface area contributed by atoms with Crippen LogP contribution >= 0.6 is 0 Å². The highest BCUT2D eigenvalue weighted by Gasteiger charge is 2.42. The molecule has 2 aromatic heterocycles. The molecule has 2 fully saturated rings. The Bertz CT molecular complexity index is 1550. The van der Waals surface area contributed by atoms with Gasteiger partial charge in [-0.1, -0.05) is 12.6 Å².